The second-order valence-electron chi connectivity index (χ2n) is 8.21. The van der Waals surface area contributed by atoms with Crippen LogP contribution in [0.4, 0.5) is 0 Å². The summed E-state index contributed by atoms with van der Waals surface area (Å²) in [6, 6.07) is 10.9. The van der Waals surface area contributed by atoms with Crippen LogP contribution in [0.2, 0.25) is 0 Å². The normalized spacial score (nSPS) is 21.7. The van der Waals surface area contributed by atoms with Crippen LogP contribution in [0.25, 0.3) is 0 Å². The molecule has 156 valence electrons. The van der Waals surface area contributed by atoms with Gasteiger partial charge in [0, 0.05) is 38.9 Å². The van der Waals surface area contributed by atoms with Crippen LogP contribution in [-0.2, 0) is 13.5 Å². The molecular weight excluding hydrogens is 364 g/mol. The maximum Gasteiger partial charge on any atom is 0.272 e. The largest absolute Gasteiger partial charge is 0.494 e. The van der Waals surface area contributed by atoms with E-state index in [1.165, 1.54) is 31.2 Å². The zero-order valence-corrected chi connectivity index (χ0v) is 17.4. The molecule has 0 radical (unpaired) electrons. The monoisotopic (exact) mass is 396 g/mol. The Bertz CT molecular complexity index is 819. The number of carbonyl (C=O) groups excluding carboxylic acids is 1. The molecule has 0 saturated carbocycles. The summed E-state index contributed by atoms with van der Waals surface area (Å²) < 4.78 is 7.64. The van der Waals surface area contributed by atoms with Crippen molar-refractivity contribution in [2.24, 2.45) is 7.05 Å². The van der Waals surface area contributed by atoms with Crippen molar-refractivity contribution in [3.8, 4) is 5.75 Å². The van der Waals surface area contributed by atoms with Crippen molar-refractivity contribution in [2.45, 2.75) is 44.6 Å². The van der Waals surface area contributed by atoms with Gasteiger partial charge in [-0.2, -0.15) is 5.10 Å². The van der Waals surface area contributed by atoms with E-state index in [2.05, 4.69) is 28.2 Å². The molecule has 2 aromatic rings. The molecule has 1 saturated heterocycles. The van der Waals surface area contributed by atoms with Crippen LogP contribution in [0.15, 0.2) is 36.5 Å². The lowest BCUT2D eigenvalue weighted by Crippen LogP contribution is -2.46. The van der Waals surface area contributed by atoms with E-state index in [9.17, 15) is 4.79 Å². The van der Waals surface area contributed by atoms with Crippen molar-refractivity contribution in [1.82, 2.24) is 19.6 Å². The van der Waals surface area contributed by atoms with Gasteiger partial charge in [-0.25, -0.2) is 0 Å². The Hall–Kier alpha value is -2.34. The summed E-state index contributed by atoms with van der Waals surface area (Å²) >= 11 is 0. The Kier molecular flexibility index (Phi) is 6.49. The topological polar surface area (TPSA) is 50.6 Å². The average Bonchev–Trinajstić information content (AvgIpc) is 3.17. The fourth-order valence-corrected chi connectivity index (χ4v) is 4.56. The van der Waals surface area contributed by atoms with Crippen LogP contribution < -0.4 is 4.74 Å². The second-order valence-corrected chi connectivity index (χ2v) is 8.21. The van der Waals surface area contributed by atoms with Gasteiger partial charge in [0.1, 0.15) is 11.4 Å². The Morgan fingerprint density at radius 3 is 2.86 bits per heavy atom. The highest BCUT2D eigenvalue weighted by atomic mass is 16.5. The first-order valence-electron chi connectivity index (χ1n) is 10.9. The summed E-state index contributed by atoms with van der Waals surface area (Å²) in [5, 5.41) is 4.17. The number of aromatic nitrogens is 2. The highest BCUT2D eigenvalue weighted by Crippen LogP contribution is 2.23. The van der Waals surface area contributed by atoms with E-state index in [1.54, 1.807) is 16.9 Å². The Balaban J connectivity index is 1.52. The summed E-state index contributed by atoms with van der Waals surface area (Å²) in [6.07, 6.45) is 8.57. The molecule has 1 amide bonds. The van der Waals surface area contributed by atoms with Gasteiger partial charge < -0.3 is 9.64 Å². The van der Waals surface area contributed by atoms with E-state index in [4.69, 9.17) is 4.74 Å². The molecule has 29 heavy (non-hydrogen) atoms. The number of hydrogen-bond acceptors (Lipinski definition) is 4. The minimum absolute atomic E-state index is 0.0626. The molecule has 1 aromatic heterocycles. The highest BCUT2D eigenvalue weighted by Gasteiger charge is 2.25. The molecule has 1 aromatic carbocycles. The van der Waals surface area contributed by atoms with E-state index in [0.29, 0.717) is 24.9 Å². The van der Waals surface area contributed by atoms with Crippen LogP contribution in [0.5, 0.6) is 5.75 Å². The molecule has 1 atom stereocenters. The van der Waals surface area contributed by atoms with Crippen LogP contribution >= 0.6 is 0 Å². The van der Waals surface area contributed by atoms with Gasteiger partial charge in [0.25, 0.3) is 5.91 Å². The molecule has 2 bridgehead atoms. The van der Waals surface area contributed by atoms with Crippen molar-refractivity contribution in [3.63, 3.8) is 0 Å². The van der Waals surface area contributed by atoms with Gasteiger partial charge in [-0.05, 0) is 62.4 Å². The zero-order chi connectivity index (χ0) is 20.1. The maximum atomic E-state index is 13.1. The fraction of sp³-hybridized carbons (Fsp3) is 0.565. The van der Waals surface area contributed by atoms with E-state index in [1.807, 2.05) is 18.0 Å². The standard InChI is InChI=1S/C23H32N4O2/c1-25-22(11-12-24-25)23(28)27-14-5-17-29-21-8-4-6-19(18-21)9-10-20-7-2-3-13-26(20)15-16-27/h4,6,8,11-12,18,20H,2-3,5,7,9-10,13-17H2,1H3. The molecule has 1 unspecified atom stereocenters. The third kappa shape index (κ3) is 4.99. The SMILES string of the molecule is Cn1nccc1C(=O)N1CCCOc2cccc(c2)CCC2CCCCN2CC1. The van der Waals surface area contributed by atoms with Gasteiger partial charge in [0.15, 0.2) is 0 Å². The number of piperidine rings is 1. The minimum atomic E-state index is 0.0626. The molecule has 4 rings (SSSR count). The number of hydrogen-bond donors (Lipinski definition) is 0. The lowest BCUT2D eigenvalue weighted by Gasteiger charge is -2.37. The van der Waals surface area contributed by atoms with Crippen LogP contribution in [0, 0.1) is 0 Å². The van der Waals surface area contributed by atoms with Gasteiger partial charge in [0.05, 0.1) is 6.61 Å². The molecule has 6 heteroatoms. The third-order valence-corrected chi connectivity index (χ3v) is 6.24. The fourth-order valence-electron chi connectivity index (χ4n) is 4.56. The lowest BCUT2D eigenvalue weighted by molar-refractivity contribution is 0.0672. The van der Waals surface area contributed by atoms with Gasteiger partial charge in [-0.15, -0.1) is 0 Å². The Morgan fingerprint density at radius 1 is 1.07 bits per heavy atom. The minimum Gasteiger partial charge on any atom is -0.494 e. The predicted molar refractivity (Wildman–Crippen MR) is 113 cm³/mol. The van der Waals surface area contributed by atoms with E-state index in [-0.39, 0.29) is 5.91 Å². The van der Waals surface area contributed by atoms with Crippen molar-refractivity contribution in [1.29, 1.82) is 0 Å². The maximum absolute atomic E-state index is 13.1. The summed E-state index contributed by atoms with van der Waals surface area (Å²) in [5.41, 5.74) is 2.01. The second kappa shape index (κ2) is 9.44. The van der Waals surface area contributed by atoms with E-state index in [0.717, 1.165) is 38.2 Å². The third-order valence-electron chi connectivity index (χ3n) is 6.24. The Morgan fingerprint density at radius 2 is 2.00 bits per heavy atom. The number of ether oxygens (including phenoxy) is 1. The highest BCUT2D eigenvalue weighted by molar-refractivity contribution is 5.92. The number of nitrogens with zero attached hydrogens (tertiary/aromatic N) is 4. The molecule has 0 aliphatic carbocycles. The summed E-state index contributed by atoms with van der Waals surface area (Å²) in [4.78, 5) is 17.7. The van der Waals surface area contributed by atoms with Crippen molar-refractivity contribution in [2.75, 3.05) is 32.8 Å². The summed E-state index contributed by atoms with van der Waals surface area (Å²) in [6.45, 7) is 4.15. The molecular formula is C23H32N4O2. The van der Waals surface area contributed by atoms with E-state index >= 15 is 0 Å². The van der Waals surface area contributed by atoms with Crippen molar-refractivity contribution >= 4 is 5.91 Å². The van der Waals surface area contributed by atoms with Crippen LogP contribution in [0.3, 0.4) is 0 Å². The predicted octanol–water partition coefficient (Wildman–Crippen LogP) is 3.13. The number of aryl methyl sites for hydroxylation is 2. The van der Waals surface area contributed by atoms with E-state index < -0.39 is 0 Å². The smallest absolute Gasteiger partial charge is 0.272 e. The van der Waals surface area contributed by atoms with Crippen molar-refractivity contribution < 1.29 is 9.53 Å². The molecule has 6 nitrogen and oxygen atoms in total. The number of benzene rings is 1. The molecule has 0 spiro atoms. The van der Waals surface area contributed by atoms with Crippen LogP contribution in [0.1, 0.15) is 48.2 Å². The van der Waals surface area contributed by atoms with Gasteiger partial charge in [-0.3, -0.25) is 14.4 Å². The molecule has 1 fully saturated rings. The van der Waals surface area contributed by atoms with Crippen molar-refractivity contribution in [3.05, 3.63) is 47.8 Å². The summed E-state index contributed by atoms with van der Waals surface area (Å²) in [7, 11) is 1.83. The van der Waals surface area contributed by atoms with Gasteiger partial charge in [0.2, 0.25) is 0 Å². The zero-order valence-electron chi connectivity index (χ0n) is 17.4. The number of rotatable bonds is 1. The van der Waals surface area contributed by atoms with Gasteiger partial charge in [-0.1, -0.05) is 18.6 Å². The first-order chi connectivity index (χ1) is 14.2. The first kappa shape index (κ1) is 20.0. The molecule has 2 aliphatic heterocycles. The van der Waals surface area contributed by atoms with Gasteiger partial charge >= 0.3 is 0 Å². The quantitative estimate of drug-likeness (QED) is 0.743. The number of amides is 1. The number of fused-ring (bicyclic) bond motifs is 3. The van der Waals surface area contributed by atoms with Crippen LogP contribution in [-0.4, -0.2) is 64.3 Å². The summed E-state index contributed by atoms with van der Waals surface area (Å²) in [5.74, 6) is 0.997. The molecule has 2 aliphatic rings. The lowest BCUT2D eigenvalue weighted by atomic mass is 9.95. The average molecular weight is 397 g/mol. The first-order valence-corrected chi connectivity index (χ1v) is 10.9. The Labute approximate surface area is 173 Å². The molecule has 3 heterocycles. The number of carbonyl (C=O) groups is 1. The molecule has 0 N–H and O–H groups in total.